The zero-order valence-electron chi connectivity index (χ0n) is 16.5. The minimum absolute atomic E-state index is 0.162. The number of H-pyrrole nitrogens is 2. The van der Waals surface area contributed by atoms with Crippen molar-refractivity contribution < 1.29 is 4.74 Å². The van der Waals surface area contributed by atoms with Gasteiger partial charge in [-0.05, 0) is 42.8 Å². The quantitative estimate of drug-likeness (QED) is 0.351. The van der Waals surface area contributed by atoms with Crippen LogP contribution in [-0.2, 0) is 0 Å². The Morgan fingerprint density at radius 1 is 1.23 bits per heavy atom. The Labute approximate surface area is 172 Å². The van der Waals surface area contributed by atoms with Crippen LogP contribution in [0.4, 0.5) is 0 Å². The highest BCUT2D eigenvalue weighted by Crippen LogP contribution is 2.40. The molecule has 0 bridgehead atoms. The number of rotatable bonds is 5. The molecule has 30 heavy (non-hydrogen) atoms. The molecule has 150 valence electrons. The van der Waals surface area contributed by atoms with Gasteiger partial charge in [-0.1, -0.05) is 0 Å². The Hall–Kier alpha value is -4.03. The molecule has 0 spiro atoms. The number of nitriles is 1. The number of amidine groups is 1. The molecule has 1 aliphatic heterocycles. The predicted octanol–water partition coefficient (Wildman–Crippen LogP) is 2.68. The maximum atomic E-state index is 9.22. The van der Waals surface area contributed by atoms with Crippen molar-refractivity contribution in [1.29, 1.82) is 5.26 Å². The number of hydrogen-bond donors (Lipinski definition) is 5. The van der Waals surface area contributed by atoms with E-state index in [1.807, 2.05) is 18.3 Å². The molecule has 1 unspecified atom stereocenters. The van der Waals surface area contributed by atoms with Crippen molar-refractivity contribution in [3.05, 3.63) is 59.0 Å². The van der Waals surface area contributed by atoms with Crippen LogP contribution in [0.3, 0.4) is 0 Å². The number of ether oxygens (including phenoxy) is 1. The fourth-order valence-corrected chi connectivity index (χ4v) is 4.04. The summed E-state index contributed by atoms with van der Waals surface area (Å²) in [6, 6.07) is 11.7. The lowest BCUT2D eigenvalue weighted by Crippen LogP contribution is -2.35. The van der Waals surface area contributed by atoms with Crippen LogP contribution in [0.25, 0.3) is 21.9 Å². The first kappa shape index (κ1) is 18.0. The van der Waals surface area contributed by atoms with E-state index in [-0.39, 0.29) is 5.92 Å². The second-order valence-electron chi connectivity index (χ2n) is 7.22. The standard InChI is InChI=1S/C21H20N8O/c1-11-7-17(30-2)19(13-5-6-23-20(11)13)14(9-18-26-28-29-27-18)21-24-15-4-3-12(10-22)8-16(15)25-21/h3-8,14,23,28-29H,9H2,1-2H3,(H,24,25)(H,26,27). The van der Waals surface area contributed by atoms with Crippen molar-refractivity contribution in [3.8, 4) is 11.8 Å². The molecule has 0 aliphatic carbocycles. The third-order valence-corrected chi connectivity index (χ3v) is 5.42. The molecule has 2 aromatic heterocycles. The number of aromatic amines is 2. The number of methoxy groups -OCH3 is 1. The second-order valence-corrected chi connectivity index (χ2v) is 7.22. The third-order valence-electron chi connectivity index (χ3n) is 5.42. The van der Waals surface area contributed by atoms with Crippen LogP contribution in [0, 0.1) is 18.3 Å². The van der Waals surface area contributed by atoms with Gasteiger partial charge in [0.25, 0.3) is 0 Å². The monoisotopic (exact) mass is 400 g/mol. The molecular formula is C21H20N8O. The molecule has 9 heteroatoms. The van der Waals surface area contributed by atoms with Crippen LogP contribution in [0.5, 0.6) is 5.75 Å². The molecule has 1 aliphatic rings. The van der Waals surface area contributed by atoms with Crippen LogP contribution in [-0.4, -0.2) is 27.9 Å². The number of aryl methyl sites for hydroxylation is 1. The summed E-state index contributed by atoms with van der Waals surface area (Å²) in [7, 11) is 1.68. The van der Waals surface area contributed by atoms with Crippen LogP contribution in [0.1, 0.15) is 34.9 Å². The highest BCUT2D eigenvalue weighted by Gasteiger charge is 2.28. The van der Waals surface area contributed by atoms with Gasteiger partial charge < -0.3 is 14.7 Å². The largest absolute Gasteiger partial charge is 0.496 e. The van der Waals surface area contributed by atoms with Gasteiger partial charge in [0.05, 0.1) is 35.7 Å². The Balaban J connectivity index is 1.72. The number of hydrazone groups is 1. The first-order valence-electron chi connectivity index (χ1n) is 9.55. The number of hydrazine groups is 2. The van der Waals surface area contributed by atoms with Crippen molar-refractivity contribution in [2.75, 3.05) is 7.11 Å². The van der Waals surface area contributed by atoms with Gasteiger partial charge in [0.1, 0.15) is 17.4 Å². The topological polar surface area (TPSA) is 126 Å². The summed E-state index contributed by atoms with van der Waals surface area (Å²) in [5.74, 6) is 2.16. The van der Waals surface area contributed by atoms with E-state index in [1.165, 1.54) is 0 Å². The number of aromatic nitrogens is 3. The number of imidazole rings is 1. The Morgan fingerprint density at radius 2 is 2.13 bits per heavy atom. The fraction of sp³-hybridized carbons (Fsp3) is 0.190. The van der Waals surface area contributed by atoms with E-state index in [0.29, 0.717) is 12.0 Å². The predicted molar refractivity (Wildman–Crippen MR) is 114 cm³/mol. The number of hydrogen-bond acceptors (Lipinski definition) is 7. The minimum Gasteiger partial charge on any atom is -0.496 e. The molecule has 9 nitrogen and oxygen atoms in total. The zero-order chi connectivity index (χ0) is 20.7. The van der Waals surface area contributed by atoms with Gasteiger partial charge in [-0.15, -0.1) is 10.6 Å². The molecule has 5 N–H and O–H groups in total. The molecular weight excluding hydrogens is 380 g/mol. The molecule has 0 amide bonds. The van der Waals surface area contributed by atoms with Gasteiger partial charge in [0.15, 0.2) is 0 Å². The summed E-state index contributed by atoms with van der Waals surface area (Å²) in [6.45, 7) is 2.06. The normalized spacial score (nSPS) is 14.2. The first-order valence-corrected chi connectivity index (χ1v) is 9.55. The lowest BCUT2D eigenvalue weighted by molar-refractivity contribution is 0.408. The summed E-state index contributed by atoms with van der Waals surface area (Å²) in [5, 5.41) is 14.6. The van der Waals surface area contributed by atoms with Crippen molar-refractivity contribution in [2.24, 2.45) is 5.10 Å². The smallest absolute Gasteiger partial charge is 0.140 e. The van der Waals surface area contributed by atoms with E-state index < -0.39 is 0 Å². The van der Waals surface area contributed by atoms with Gasteiger partial charge >= 0.3 is 0 Å². The van der Waals surface area contributed by atoms with Gasteiger partial charge in [-0.2, -0.15) is 5.26 Å². The highest BCUT2D eigenvalue weighted by atomic mass is 16.5. The maximum absolute atomic E-state index is 9.22. The molecule has 2 aromatic carbocycles. The molecule has 1 atom stereocenters. The Morgan fingerprint density at radius 3 is 2.90 bits per heavy atom. The van der Waals surface area contributed by atoms with Gasteiger partial charge in [-0.3, -0.25) is 5.43 Å². The molecule has 3 heterocycles. The van der Waals surface area contributed by atoms with Crippen molar-refractivity contribution in [3.63, 3.8) is 0 Å². The van der Waals surface area contributed by atoms with E-state index in [4.69, 9.17) is 9.72 Å². The van der Waals surface area contributed by atoms with E-state index in [1.54, 1.807) is 19.2 Å². The lowest BCUT2D eigenvalue weighted by atomic mass is 9.89. The molecule has 4 aromatic rings. The fourth-order valence-electron chi connectivity index (χ4n) is 4.04. The molecule has 0 radical (unpaired) electrons. The Bertz CT molecular complexity index is 1330. The van der Waals surface area contributed by atoms with Crippen LogP contribution in [0.15, 0.2) is 41.6 Å². The van der Waals surface area contributed by atoms with Gasteiger partial charge in [0, 0.05) is 29.1 Å². The second kappa shape index (κ2) is 7.09. The SMILES string of the molecule is COc1cc(C)c2[nH]ccc2c1C(CC1=NNNN1)c1nc2cc(C#N)ccc2[nH]1. The van der Waals surface area contributed by atoms with Crippen molar-refractivity contribution in [2.45, 2.75) is 19.3 Å². The number of nitrogens with one attached hydrogen (secondary N) is 5. The van der Waals surface area contributed by atoms with Crippen molar-refractivity contribution in [1.82, 2.24) is 31.4 Å². The average Bonchev–Trinajstić information content (AvgIpc) is 3.51. The molecule has 0 saturated carbocycles. The van der Waals surface area contributed by atoms with Gasteiger partial charge in [-0.25, -0.2) is 10.5 Å². The molecule has 5 rings (SSSR count). The summed E-state index contributed by atoms with van der Waals surface area (Å²) in [6.07, 6.45) is 2.49. The van der Waals surface area contributed by atoms with E-state index in [2.05, 4.69) is 50.6 Å². The lowest BCUT2D eigenvalue weighted by Gasteiger charge is -2.20. The van der Waals surface area contributed by atoms with E-state index in [9.17, 15) is 5.26 Å². The van der Waals surface area contributed by atoms with Crippen molar-refractivity contribution >= 4 is 27.8 Å². The molecule has 0 fully saturated rings. The third kappa shape index (κ3) is 2.91. The highest BCUT2D eigenvalue weighted by molar-refractivity contribution is 5.91. The summed E-state index contributed by atoms with van der Waals surface area (Å²) < 4.78 is 5.79. The molecule has 0 saturated heterocycles. The van der Waals surface area contributed by atoms with Crippen LogP contribution < -0.4 is 21.2 Å². The average molecular weight is 400 g/mol. The van der Waals surface area contributed by atoms with Crippen LogP contribution >= 0.6 is 0 Å². The Kier molecular flexibility index (Phi) is 4.26. The first-order chi connectivity index (χ1) is 14.7. The minimum atomic E-state index is -0.162. The van der Waals surface area contributed by atoms with Crippen LogP contribution in [0.2, 0.25) is 0 Å². The summed E-state index contributed by atoms with van der Waals surface area (Å²) in [5.41, 5.74) is 13.9. The van der Waals surface area contributed by atoms with Gasteiger partial charge in [0.2, 0.25) is 0 Å². The number of nitrogens with zero attached hydrogens (tertiary/aromatic N) is 3. The van der Waals surface area contributed by atoms with E-state index in [0.717, 1.165) is 50.5 Å². The zero-order valence-corrected chi connectivity index (χ0v) is 16.5. The number of benzene rings is 2. The maximum Gasteiger partial charge on any atom is 0.140 e. The van der Waals surface area contributed by atoms with E-state index >= 15 is 0 Å². The number of fused-ring (bicyclic) bond motifs is 2. The summed E-state index contributed by atoms with van der Waals surface area (Å²) in [4.78, 5) is 11.6. The summed E-state index contributed by atoms with van der Waals surface area (Å²) >= 11 is 0.